The zero-order chi connectivity index (χ0) is 15.5. The number of oxazole rings is 1. The molecule has 118 valence electrons. The van der Waals surface area contributed by atoms with Gasteiger partial charge in [0.1, 0.15) is 11.9 Å². The molecule has 1 fully saturated rings. The fourth-order valence-corrected chi connectivity index (χ4v) is 3.07. The van der Waals surface area contributed by atoms with Crippen LogP contribution in [0.25, 0.3) is 0 Å². The number of carbonyl (C=O) groups excluding carboxylic acids is 1. The molecule has 0 aliphatic carbocycles. The van der Waals surface area contributed by atoms with E-state index in [2.05, 4.69) is 15.7 Å². The van der Waals surface area contributed by atoms with E-state index < -0.39 is 0 Å². The second kappa shape index (κ2) is 6.50. The lowest BCUT2D eigenvalue weighted by Crippen LogP contribution is -2.46. The lowest BCUT2D eigenvalue weighted by molar-refractivity contribution is -0.0153. The maximum absolute atomic E-state index is 12.3. The van der Waals surface area contributed by atoms with Crippen molar-refractivity contribution in [1.82, 2.24) is 15.2 Å². The summed E-state index contributed by atoms with van der Waals surface area (Å²) < 4.78 is 11.2. The molecule has 0 radical (unpaired) electrons. The van der Waals surface area contributed by atoms with Crippen LogP contribution in [0.2, 0.25) is 0 Å². The Kier molecular flexibility index (Phi) is 4.44. The van der Waals surface area contributed by atoms with Crippen molar-refractivity contribution in [3.05, 3.63) is 39.7 Å². The highest BCUT2D eigenvalue weighted by atomic mass is 32.1. The number of amides is 2. The summed E-state index contributed by atoms with van der Waals surface area (Å²) >= 11 is 1.63. The van der Waals surface area contributed by atoms with Crippen LogP contribution in [0.5, 0.6) is 0 Å². The van der Waals surface area contributed by atoms with Gasteiger partial charge in [0.2, 0.25) is 5.89 Å². The molecule has 0 aromatic carbocycles. The molecule has 1 aliphatic rings. The van der Waals surface area contributed by atoms with E-state index in [1.54, 1.807) is 16.2 Å². The number of nitrogens with zero attached hydrogens (tertiary/aromatic N) is 2. The van der Waals surface area contributed by atoms with Gasteiger partial charge in [-0.3, -0.25) is 0 Å². The summed E-state index contributed by atoms with van der Waals surface area (Å²) in [7, 11) is 0. The van der Waals surface area contributed by atoms with Gasteiger partial charge < -0.3 is 19.4 Å². The number of ether oxygens (including phenoxy) is 1. The van der Waals surface area contributed by atoms with Crippen LogP contribution in [0.15, 0.2) is 21.2 Å². The highest BCUT2D eigenvalue weighted by Crippen LogP contribution is 2.24. The molecule has 3 heterocycles. The van der Waals surface area contributed by atoms with Crippen LogP contribution in [-0.4, -0.2) is 35.6 Å². The summed E-state index contributed by atoms with van der Waals surface area (Å²) in [5.74, 6) is 1.32. The summed E-state index contributed by atoms with van der Waals surface area (Å²) in [5, 5.41) is 6.93. The molecule has 2 amide bonds. The number of nitrogens with one attached hydrogen (secondary N) is 1. The van der Waals surface area contributed by atoms with E-state index in [0.717, 1.165) is 17.0 Å². The Morgan fingerprint density at radius 1 is 1.55 bits per heavy atom. The number of hydrogen-bond acceptors (Lipinski definition) is 5. The summed E-state index contributed by atoms with van der Waals surface area (Å²) in [6.07, 6.45) is -0.0445. The van der Waals surface area contributed by atoms with Crippen molar-refractivity contribution in [2.24, 2.45) is 0 Å². The number of carbonyl (C=O) groups is 1. The molecule has 1 N–H and O–H groups in total. The lowest BCUT2D eigenvalue weighted by atomic mass is 10.1. The number of hydrogen-bond donors (Lipinski definition) is 1. The predicted molar refractivity (Wildman–Crippen MR) is 82.8 cm³/mol. The van der Waals surface area contributed by atoms with E-state index >= 15 is 0 Å². The normalized spacial score (nSPS) is 18.5. The fraction of sp³-hybridized carbons (Fsp3) is 0.467. The molecule has 0 bridgehead atoms. The average molecular weight is 321 g/mol. The maximum Gasteiger partial charge on any atom is 0.318 e. The van der Waals surface area contributed by atoms with E-state index in [1.807, 2.05) is 25.3 Å². The van der Waals surface area contributed by atoms with Gasteiger partial charge in [-0.05, 0) is 36.2 Å². The van der Waals surface area contributed by atoms with Gasteiger partial charge in [0.25, 0.3) is 0 Å². The molecule has 22 heavy (non-hydrogen) atoms. The Morgan fingerprint density at radius 2 is 2.41 bits per heavy atom. The molecular weight excluding hydrogens is 302 g/mol. The number of aryl methyl sites for hydroxylation is 2. The largest absolute Gasteiger partial charge is 0.444 e. The maximum atomic E-state index is 12.3. The molecule has 1 aliphatic heterocycles. The highest BCUT2D eigenvalue weighted by Gasteiger charge is 2.25. The van der Waals surface area contributed by atoms with Crippen molar-refractivity contribution < 1.29 is 13.9 Å². The van der Waals surface area contributed by atoms with Gasteiger partial charge in [0.05, 0.1) is 25.4 Å². The first-order chi connectivity index (χ1) is 10.6. The quantitative estimate of drug-likeness (QED) is 0.943. The van der Waals surface area contributed by atoms with Gasteiger partial charge in [-0.1, -0.05) is 0 Å². The van der Waals surface area contributed by atoms with Crippen molar-refractivity contribution in [3.8, 4) is 0 Å². The van der Waals surface area contributed by atoms with E-state index in [1.165, 1.54) is 0 Å². The Bertz CT molecular complexity index is 619. The topological polar surface area (TPSA) is 67.6 Å². The van der Waals surface area contributed by atoms with Crippen LogP contribution in [-0.2, 0) is 11.3 Å². The minimum Gasteiger partial charge on any atom is -0.444 e. The lowest BCUT2D eigenvalue weighted by Gasteiger charge is -2.32. The number of aromatic nitrogens is 1. The molecule has 3 rings (SSSR count). The third-order valence-corrected chi connectivity index (χ3v) is 4.43. The van der Waals surface area contributed by atoms with Crippen LogP contribution >= 0.6 is 11.3 Å². The van der Waals surface area contributed by atoms with Gasteiger partial charge in [-0.25, -0.2) is 9.78 Å². The Morgan fingerprint density at radius 3 is 3.09 bits per heavy atom. The number of thiophene rings is 1. The van der Waals surface area contributed by atoms with E-state index in [9.17, 15) is 4.79 Å². The summed E-state index contributed by atoms with van der Waals surface area (Å²) in [4.78, 5) is 18.3. The first kappa shape index (κ1) is 15.1. The zero-order valence-electron chi connectivity index (χ0n) is 12.7. The molecular formula is C15H19N3O3S. The second-order valence-electron chi connectivity index (χ2n) is 5.27. The summed E-state index contributed by atoms with van der Waals surface area (Å²) in [5.41, 5.74) is 1.98. The minimum atomic E-state index is -0.114. The number of urea groups is 1. The van der Waals surface area contributed by atoms with Crippen LogP contribution in [0, 0.1) is 13.8 Å². The third-order valence-electron chi connectivity index (χ3n) is 3.73. The standard InChI is InChI=1S/C15H19N3O3S/c1-10-11(2)21-14(17-10)7-16-15(19)18-4-5-20-13(8-18)12-3-6-22-9-12/h3,6,9,13H,4-5,7-8H2,1-2H3,(H,16,19). The monoisotopic (exact) mass is 321 g/mol. The van der Waals surface area contributed by atoms with E-state index in [4.69, 9.17) is 9.15 Å². The zero-order valence-corrected chi connectivity index (χ0v) is 13.5. The van der Waals surface area contributed by atoms with Crippen molar-refractivity contribution in [2.75, 3.05) is 19.7 Å². The predicted octanol–water partition coefficient (Wildman–Crippen LogP) is 2.64. The van der Waals surface area contributed by atoms with Crippen LogP contribution in [0.3, 0.4) is 0 Å². The number of rotatable bonds is 3. The smallest absolute Gasteiger partial charge is 0.318 e. The first-order valence-electron chi connectivity index (χ1n) is 7.23. The van der Waals surface area contributed by atoms with Gasteiger partial charge in [-0.15, -0.1) is 0 Å². The van der Waals surface area contributed by atoms with Crippen LogP contribution < -0.4 is 5.32 Å². The molecule has 1 unspecified atom stereocenters. The molecule has 6 nitrogen and oxygen atoms in total. The Hall–Kier alpha value is -1.86. The third kappa shape index (κ3) is 3.31. The van der Waals surface area contributed by atoms with Crippen LogP contribution in [0.4, 0.5) is 4.79 Å². The number of morpholine rings is 1. The minimum absolute atomic E-state index is 0.0445. The summed E-state index contributed by atoms with van der Waals surface area (Å²) in [6.45, 7) is 5.75. The van der Waals surface area contributed by atoms with Gasteiger partial charge in [-0.2, -0.15) is 11.3 Å². The highest BCUT2D eigenvalue weighted by molar-refractivity contribution is 7.07. The van der Waals surface area contributed by atoms with E-state index in [0.29, 0.717) is 32.1 Å². The molecule has 2 aromatic rings. The van der Waals surface area contributed by atoms with Crippen molar-refractivity contribution in [2.45, 2.75) is 26.5 Å². The average Bonchev–Trinajstić information content (AvgIpc) is 3.16. The summed E-state index contributed by atoms with van der Waals surface area (Å²) in [6, 6.07) is 1.92. The van der Waals surface area contributed by atoms with Gasteiger partial charge in [0, 0.05) is 6.54 Å². The van der Waals surface area contributed by atoms with Crippen LogP contribution in [0.1, 0.15) is 29.0 Å². The first-order valence-corrected chi connectivity index (χ1v) is 8.17. The molecule has 0 spiro atoms. The molecule has 7 heteroatoms. The molecule has 1 saturated heterocycles. The van der Waals surface area contributed by atoms with Crippen molar-refractivity contribution in [1.29, 1.82) is 0 Å². The van der Waals surface area contributed by atoms with E-state index in [-0.39, 0.29) is 12.1 Å². The molecule has 2 aromatic heterocycles. The molecule has 1 atom stereocenters. The van der Waals surface area contributed by atoms with Crippen molar-refractivity contribution in [3.63, 3.8) is 0 Å². The Labute approximate surface area is 133 Å². The van der Waals surface area contributed by atoms with Gasteiger partial charge in [0.15, 0.2) is 0 Å². The van der Waals surface area contributed by atoms with Crippen molar-refractivity contribution >= 4 is 17.4 Å². The SMILES string of the molecule is Cc1nc(CNC(=O)N2CCOC(c3ccsc3)C2)oc1C. The fourth-order valence-electron chi connectivity index (χ4n) is 2.37. The molecule has 0 saturated carbocycles. The van der Waals surface area contributed by atoms with Gasteiger partial charge >= 0.3 is 6.03 Å². The Balaban J connectivity index is 1.55. The second-order valence-corrected chi connectivity index (χ2v) is 6.05.